The highest BCUT2D eigenvalue weighted by atomic mass is 35.5. The Balaban J connectivity index is 1.93. The Morgan fingerprint density at radius 2 is 1.65 bits per heavy atom. The number of sulfonamides is 1. The molecule has 2 aromatic carbocycles. The van der Waals surface area contributed by atoms with Crippen LogP contribution in [0.25, 0.3) is 0 Å². The van der Waals surface area contributed by atoms with Crippen molar-refractivity contribution in [3.63, 3.8) is 0 Å². The fourth-order valence-electron chi connectivity index (χ4n) is 2.25. The van der Waals surface area contributed by atoms with Gasteiger partial charge in [0, 0.05) is 23.7 Å². The molecule has 1 amide bonds. The largest absolute Gasteiger partial charge is 0.352 e. The van der Waals surface area contributed by atoms with Gasteiger partial charge in [0.15, 0.2) is 0 Å². The third kappa shape index (κ3) is 6.12. The summed E-state index contributed by atoms with van der Waals surface area (Å²) in [6, 6.07) is 13.2. The summed E-state index contributed by atoms with van der Waals surface area (Å²) in [6.07, 6.45) is 0.562. The number of hydrogen-bond acceptors (Lipinski definition) is 3. The number of carbonyl (C=O) groups is 1. The van der Waals surface area contributed by atoms with Crippen LogP contribution in [0.3, 0.4) is 0 Å². The van der Waals surface area contributed by atoms with Crippen molar-refractivity contribution in [3.05, 3.63) is 64.7 Å². The van der Waals surface area contributed by atoms with Gasteiger partial charge in [0.05, 0.1) is 4.90 Å². The van der Waals surface area contributed by atoms with Gasteiger partial charge in [-0.2, -0.15) is 0 Å². The van der Waals surface area contributed by atoms with E-state index in [4.69, 9.17) is 11.6 Å². The lowest BCUT2D eigenvalue weighted by Gasteiger charge is -2.09. The van der Waals surface area contributed by atoms with Gasteiger partial charge in [-0.15, -0.1) is 0 Å². The van der Waals surface area contributed by atoms with E-state index in [0.717, 1.165) is 5.56 Å². The van der Waals surface area contributed by atoms with E-state index in [1.165, 1.54) is 24.3 Å². The molecule has 5 nitrogen and oxygen atoms in total. The summed E-state index contributed by atoms with van der Waals surface area (Å²) in [6.45, 7) is 4.86. The molecular weight excluding hydrogens is 372 g/mol. The zero-order valence-corrected chi connectivity index (χ0v) is 16.4. The SMILES string of the molecule is CC(C)CNC(=O)c1ccc(S(=O)(=O)NCCc2ccc(Cl)cc2)cc1. The molecule has 0 heterocycles. The fraction of sp³-hybridized carbons (Fsp3) is 0.316. The van der Waals surface area contributed by atoms with Crippen LogP contribution in [-0.2, 0) is 16.4 Å². The molecule has 0 atom stereocenters. The molecule has 0 radical (unpaired) electrons. The quantitative estimate of drug-likeness (QED) is 0.721. The molecule has 2 N–H and O–H groups in total. The van der Waals surface area contributed by atoms with Gasteiger partial charge in [0.2, 0.25) is 10.0 Å². The predicted molar refractivity (Wildman–Crippen MR) is 104 cm³/mol. The van der Waals surface area contributed by atoms with Crippen LogP contribution >= 0.6 is 11.6 Å². The monoisotopic (exact) mass is 394 g/mol. The minimum absolute atomic E-state index is 0.133. The van der Waals surface area contributed by atoms with Crippen molar-refractivity contribution in [1.29, 1.82) is 0 Å². The van der Waals surface area contributed by atoms with Gasteiger partial charge < -0.3 is 5.32 Å². The summed E-state index contributed by atoms with van der Waals surface area (Å²) in [7, 11) is -3.61. The molecule has 0 aliphatic heterocycles. The summed E-state index contributed by atoms with van der Waals surface area (Å²) in [5.74, 6) is 0.141. The summed E-state index contributed by atoms with van der Waals surface area (Å²) >= 11 is 5.83. The van der Waals surface area contributed by atoms with Crippen LogP contribution in [-0.4, -0.2) is 27.4 Å². The molecule has 0 aromatic heterocycles. The first-order valence-corrected chi connectivity index (χ1v) is 10.3. The highest BCUT2D eigenvalue weighted by Crippen LogP contribution is 2.12. The van der Waals surface area contributed by atoms with Crippen LogP contribution in [0.15, 0.2) is 53.4 Å². The predicted octanol–water partition coefficient (Wildman–Crippen LogP) is 3.25. The van der Waals surface area contributed by atoms with E-state index in [9.17, 15) is 13.2 Å². The van der Waals surface area contributed by atoms with Crippen molar-refractivity contribution in [2.24, 2.45) is 5.92 Å². The normalized spacial score (nSPS) is 11.5. The highest BCUT2D eigenvalue weighted by molar-refractivity contribution is 7.89. The molecular formula is C19H23ClN2O3S. The van der Waals surface area contributed by atoms with E-state index in [0.29, 0.717) is 29.5 Å². The Bertz CT molecular complexity index is 832. The van der Waals surface area contributed by atoms with Crippen molar-refractivity contribution in [1.82, 2.24) is 10.0 Å². The maximum atomic E-state index is 12.3. The van der Waals surface area contributed by atoms with Crippen molar-refractivity contribution >= 4 is 27.5 Å². The number of benzene rings is 2. The Labute approximate surface area is 159 Å². The van der Waals surface area contributed by atoms with Crippen LogP contribution in [0.2, 0.25) is 5.02 Å². The second kappa shape index (κ2) is 9.16. The Morgan fingerprint density at radius 1 is 1.04 bits per heavy atom. The van der Waals surface area contributed by atoms with Gasteiger partial charge in [-0.05, 0) is 54.3 Å². The van der Waals surface area contributed by atoms with Crippen molar-refractivity contribution in [2.45, 2.75) is 25.2 Å². The average Bonchev–Trinajstić information content (AvgIpc) is 2.61. The summed E-state index contributed by atoms with van der Waals surface area (Å²) < 4.78 is 27.2. The topological polar surface area (TPSA) is 75.3 Å². The van der Waals surface area contributed by atoms with Crippen LogP contribution in [0.5, 0.6) is 0 Å². The minimum atomic E-state index is -3.61. The lowest BCUT2D eigenvalue weighted by atomic mass is 10.2. The molecule has 0 fully saturated rings. The maximum absolute atomic E-state index is 12.3. The molecule has 0 saturated carbocycles. The maximum Gasteiger partial charge on any atom is 0.251 e. The van der Waals surface area contributed by atoms with E-state index in [1.54, 1.807) is 12.1 Å². The first kappa shape index (κ1) is 20.4. The number of carbonyl (C=O) groups excluding carboxylic acids is 1. The van der Waals surface area contributed by atoms with Gasteiger partial charge >= 0.3 is 0 Å². The molecule has 0 aliphatic rings. The Kier molecular flexibility index (Phi) is 7.20. The smallest absolute Gasteiger partial charge is 0.251 e. The van der Waals surface area contributed by atoms with E-state index in [2.05, 4.69) is 10.0 Å². The second-order valence-electron chi connectivity index (χ2n) is 6.40. The summed E-state index contributed by atoms with van der Waals surface area (Å²) in [5, 5.41) is 3.44. The Hall–Kier alpha value is -1.89. The Morgan fingerprint density at radius 3 is 2.23 bits per heavy atom. The van der Waals surface area contributed by atoms with Gasteiger partial charge in [0.25, 0.3) is 5.91 Å². The standard InChI is InChI=1S/C19H23ClN2O3S/c1-14(2)13-21-19(23)16-5-9-18(10-6-16)26(24,25)22-12-11-15-3-7-17(20)8-4-15/h3-10,14,22H,11-13H2,1-2H3,(H,21,23). The number of rotatable bonds is 8. The first-order chi connectivity index (χ1) is 12.3. The van der Waals surface area contributed by atoms with Crippen LogP contribution in [0.4, 0.5) is 0 Å². The summed E-state index contributed by atoms with van der Waals surface area (Å²) in [5.41, 5.74) is 1.43. The highest BCUT2D eigenvalue weighted by Gasteiger charge is 2.14. The third-order valence-electron chi connectivity index (χ3n) is 3.72. The molecule has 0 aliphatic carbocycles. The van der Waals surface area contributed by atoms with Crippen LogP contribution < -0.4 is 10.0 Å². The zero-order valence-electron chi connectivity index (χ0n) is 14.8. The number of amides is 1. The second-order valence-corrected chi connectivity index (χ2v) is 8.61. The average molecular weight is 395 g/mol. The summed E-state index contributed by atoms with van der Waals surface area (Å²) in [4.78, 5) is 12.1. The lowest BCUT2D eigenvalue weighted by molar-refractivity contribution is 0.0949. The molecule has 140 valence electrons. The molecule has 0 saturated heterocycles. The molecule has 0 spiro atoms. The van der Waals surface area contributed by atoms with E-state index >= 15 is 0 Å². The molecule has 2 aromatic rings. The number of hydrogen-bond donors (Lipinski definition) is 2. The van der Waals surface area contributed by atoms with Gasteiger partial charge in [0.1, 0.15) is 0 Å². The minimum Gasteiger partial charge on any atom is -0.352 e. The first-order valence-electron chi connectivity index (χ1n) is 8.40. The fourth-order valence-corrected chi connectivity index (χ4v) is 3.41. The molecule has 0 bridgehead atoms. The molecule has 26 heavy (non-hydrogen) atoms. The zero-order chi connectivity index (χ0) is 19.2. The van der Waals surface area contributed by atoms with Crippen molar-refractivity contribution < 1.29 is 13.2 Å². The molecule has 7 heteroatoms. The number of halogens is 1. The van der Waals surface area contributed by atoms with Crippen molar-refractivity contribution in [3.8, 4) is 0 Å². The lowest BCUT2D eigenvalue weighted by Crippen LogP contribution is -2.28. The van der Waals surface area contributed by atoms with Crippen LogP contribution in [0.1, 0.15) is 29.8 Å². The van der Waals surface area contributed by atoms with Gasteiger partial charge in [-0.25, -0.2) is 13.1 Å². The third-order valence-corrected chi connectivity index (χ3v) is 5.45. The van der Waals surface area contributed by atoms with E-state index < -0.39 is 10.0 Å². The van der Waals surface area contributed by atoms with Gasteiger partial charge in [-0.3, -0.25) is 4.79 Å². The van der Waals surface area contributed by atoms with Crippen molar-refractivity contribution in [2.75, 3.05) is 13.1 Å². The molecule has 0 unspecified atom stereocenters. The van der Waals surface area contributed by atoms with Gasteiger partial charge in [-0.1, -0.05) is 37.6 Å². The van der Waals surface area contributed by atoms with Crippen LogP contribution in [0, 0.1) is 5.92 Å². The van der Waals surface area contributed by atoms with E-state index in [1.807, 2.05) is 26.0 Å². The molecule has 2 rings (SSSR count). The van der Waals surface area contributed by atoms with E-state index in [-0.39, 0.29) is 17.3 Å². The number of nitrogens with one attached hydrogen (secondary N) is 2.